The van der Waals surface area contributed by atoms with Crippen LogP contribution in [0.2, 0.25) is 0 Å². The molecule has 0 spiro atoms. The number of carbonyl (C=O) groups is 2. The third-order valence-corrected chi connectivity index (χ3v) is 3.15. The molecule has 2 amide bonds. The summed E-state index contributed by atoms with van der Waals surface area (Å²) in [7, 11) is 0. The van der Waals surface area contributed by atoms with E-state index in [1.165, 1.54) is 0 Å². The second kappa shape index (κ2) is 7.84. The molecule has 1 aromatic rings. The van der Waals surface area contributed by atoms with Gasteiger partial charge in [-0.3, -0.25) is 9.59 Å². The number of amides is 2. The van der Waals surface area contributed by atoms with Gasteiger partial charge in [0.15, 0.2) is 0 Å². The molecule has 1 aromatic carbocycles. The molecule has 0 aliphatic carbocycles. The van der Waals surface area contributed by atoms with Crippen molar-refractivity contribution in [3.8, 4) is 0 Å². The fourth-order valence-electron chi connectivity index (χ4n) is 1.72. The lowest BCUT2D eigenvalue weighted by atomic mass is 10.1. The summed E-state index contributed by atoms with van der Waals surface area (Å²) in [6, 6.07) is 7.39. The normalized spacial score (nSPS) is 10.1. The largest absolute Gasteiger partial charge is 0.347 e. The molecule has 0 unspecified atom stereocenters. The molecule has 5 heteroatoms. The van der Waals surface area contributed by atoms with E-state index in [0.29, 0.717) is 13.1 Å². The van der Waals surface area contributed by atoms with Crippen LogP contribution in [0.3, 0.4) is 0 Å². The van der Waals surface area contributed by atoms with Gasteiger partial charge in [-0.1, -0.05) is 12.1 Å². The fraction of sp³-hybridized carbons (Fsp3) is 0.429. The number of benzene rings is 1. The van der Waals surface area contributed by atoms with Gasteiger partial charge in [-0.2, -0.15) is 0 Å². The lowest BCUT2D eigenvalue weighted by molar-refractivity contribution is -0.132. The standard InChI is InChI=1S/C14H20N2O2S/c1-3-16(4-2)14(18)10-15-13(17)9-11-5-7-12(19)8-6-11/h5-8,19H,3-4,9-10H2,1-2H3,(H,15,17). The van der Waals surface area contributed by atoms with Gasteiger partial charge in [0.05, 0.1) is 13.0 Å². The monoisotopic (exact) mass is 280 g/mol. The minimum atomic E-state index is -0.146. The molecule has 0 atom stereocenters. The first-order valence-corrected chi connectivity index (χ1v) is 6.83. The number of carbonyl (C=O) groups excluding carboxylic acids is 2. The fourth-order valence-corrected chi connectivity index (χ4v) is 1.87. The summed E-state index contributed by atoms with van der Waals surface area (Å²) >= 11 is 4.18. The molecule has 0 radical (unpaired) electrons. The van der Waals surface area contributed by atoms with Gasteiger partial charge in [0.1, 0.15) is 0 Å². The molecule has 0 aliphatic rings. The Morgan fingerprint density at radius 2 is 1.74 bits per heavy atom. The maximum absolute atomic E-state index is 11.7. The van der Waals surface area contributed by atoms with E-state index in [9.17, 15) is 9.59 Å². The molecule has 1 rings (SSSR count). The van der Waals surface area contributed by atoms with Gasteiger partial charge >= 0.3 is 0 Å². The van der Waals surface area contributed by atoms with E-state index in [2.05, 4.69) is 17.9 Å². The van der Waals surface area contributed by atoms with E-state index in [1.807, 2.05) is 38.1 Å². The van der Waals surface area contributed by atoms with Crippen LogP contribution in [-0.4, -0.2) is 36.3 Å². The number of nitrogens with one attached hydrogen (secondary N) is 1. The Labute approximate surface area is 119 Å². The molecular weight excluding hydrogens is 260 g/mol. The summed E-state index contributed by atoms with van der Waals surface area (Å²) in [5.41, 5.74) is 0.908. The molecule has 0 aromatic heterocycles. The van der Waals surface area contributed by atoms with Crippen molar-refractivity contribution in [3.63, 3.8) is 0 Å². The van der Waals surface area contributed by atoms with E-state index >= 15 is 0 Å². The molecule has 0 heterocycles. The molecular formula is C14H20N2O2S. The quantitative estimate of drug-likeness (QED) is 0.776. The molecule has 0 bridgehead atoms. The third kappa shape index (κ3) is 5.34. The van der Waals surface area contributed by atoms with Crippen molar-refractivity contribution in [3.05, 3.63) is 29.8 Å². The highest BCUT2D eigenvalue weighted by Crippen LogP contribution is 2.08. The molecule has 0 aliphatic heterocycles. The summed E-state index contributed by atoms with van der Waals surface area (Å²) < 4.78 is 0. The molecule has 104 valence electrons. The molecule has 0 fully saturated rings. The van der Waals surface area contributed by atoms with Crippen LogP contribution in [0.15, 0.2) is 29.2 Å². The second-order valence-corrected chi connectivity index (χ2v) is 4.70. The number of hydrogen-bond acceptors (Lipinski definition) is 3. The zero-order valence-electron chi connectivity index (χ0n) is 11.3. The lowest BCUT2D eigenvalue weighted by Gasteiger charge is -2.18. The van der Waals surface area contributed by atoms with Crippen LogP contribution in [0.4, 0.5) is 0 Å². The van der Waals surface area contributed by atoms with Gasteiger partial charge in [-0.05, 0) is 31.5 Å². The molecule has 0 saturated carbocycles. The number of likely N-dealkylation sites (N-methyl/N-ethyl adjacent to an activating group) is 1. The maximum atomic E-state index is 11.7. The Kier molecular flexibility index (Phi) is 6.42. The van der Waals surface area contributed by atoms with E-state index in [-0.39, 0.29) is 24.8 Å². The Morgan fingerprint density at radius 3 is 2.26 bits per heavy atom. The van der Waals surface area contributed by atoms with Gasteiger partial charge in [0.25, 0.3) is 0 Å². The van der Waals surface area contributed by atoms with Gasteiger partial charge in [0.2, 0.25) is 11.8 Å². The third-order valence-electron chi connectivity index (χ3n) is 2.85. The van der Waals surface area contributed by atoms with E-state index in [1.54, 1.807) is 4.90 Å². The number of hydrogen-bond donors (Lipinski definition) is 2. The van der Waals surface area contributed by atoms with Crippen LogP contribution in [0, 0.1) is 0 Å². The van der Waals surface area contributed by atoms with Crippen LogP contribution < -0.4 is 5.32 Å². The minimum Gasteiger partial charge on any atom is -0.347 e. The summed E-state index contributed by atoms with van der Waals surface area (Å²) in [6.45, 7) is 5.22. The number of thiol groups is 1. The van der Waals surface area contributed by atoms with Crippen molar-refractivity contribution in [2.24, 2.45) is 0 Å². The Balaban J connectivity index is 2.39. The summed E-state index contributed by atoms with van der Waals surface area (Å²) in [6.07, 6.45) is 0.277. The van der Waals surface area contributed by atoms with Crippen molar-refractivity contribution >= 4 is 24.4 Å². The zero-order chi connectivity index (χ0) is 14.3. The summed E-state index contributed by atoms with van der Waals surface area (Å²) in [4.78, 5) is 26.0. The number of nitrogens with zero attached hydrogens (tertiary/aromatic N) is 1. The van der Waals surface area contributed by atoms with Gasteiger partial charge < -0.3 is 10.2 Å². The van der Waals surface area contributed by atoms with E-state index < -0.39 is 0 Å². The SMILES string of the molecule is CCN(CC)C(=O)CNC(=O)Cc1ccc(S)cc1. The van der Waals surface area contributed by atoms with Crippen molar-refractivity contribution in [2.45, 2.75) is 25.2 Å². The maximum Gasteiger partial charge on any atom is 0.241 e. The summed E-state index contributed by atoms with van der Waals surface area (Å²) in [5, 5.41) is 2.65. The zero-order valence-corrected chi connectivity index (χ0v) is 12.2. The molecule has 4 nitrogen and oxygen atoms in total. The number of rotatable bonds is 6. The van der Waals surface area contributed by atoms with Crippen molar-refractivity contribution in [2.75, 3.05) is 19.6 Å². The van der Waals surface area contributed by atoms with Crippen molar-refractivity contribution < 1.29 is 9.59 Å². The highest BCUT2D eigenvalue weighted by atomic mass is 32.1. The Morgan fingerprint density at radius 1 is 1.16 bits per heavy atom. The average molecular weight is 280 g/mol. The first-order valence-electron chi connectivity index (χ1n) is 6.39. The van der Waals surface area contributed by atoms with Gasteiger partial charge in [-0.15, -0.1) is 12.6 Å². The first-order chi connectivity index (χ1) is 9.06. The van der Waals surface area contributed by atoms with Gasteiger partial charge in [0, 0.05) is 18.0 Å². The predicted octanol–water partition coefficient (Wildman–Crippen LogP) is 1.50. The topological polar surface area (TPSA) is 49.4 Å². The first kappa shape index (κ1) is 15.6. The second-order valence-electron chi connectivity index (χ2n) is 4.19. The minimum absolute atomic E-state index is 0.0518. The Bertz CT molecular complexity index is 428. The van der Waals surface area contributed by atoms with Crippen LogP contribution in [0.5, 0.6) is 0 Å². The highest BCUT2D eigenvalue weighted by molar-refractivity contribution is 7.80. The van der Waals surface area contributed by atoms with Crippen molar-refractivity contribution in [1.82, 2.24) is 10.2 Å². The predicted molar refractivity (Wildman–Crippen MR) is 78.3 cm³/mol. The Hall–Kier alpha value is -1.49. The molecule has 19 heavy (non-hydrogen) atoms. The average Bonchev–Trinajstić information content (AvgIpc) is 2.40. The molecule has 1 N–H and O–H groups in total. The van der Waals surface area contributed by atoms with Crippen LogP contribution in [-0.2, 0) is 16.0 Å². The summed E-state index contributed by atoms with van der Waals surface area (Å²) in [5.74, 6) is -0.198. The van der Waals surface area contributed by atoms with Crippen LogP contribution >= 0.6 is 12.6 Å². The van der Waals surface area contributed by atoms with E-state index in [4.69, 9.17) is 0 Å². The van der Waals surface area contributed by atoms with Crippen LogP contribution in [0.25, 0.3) is 0 Å². The van der Waals surface area contributed by atoms with Crippen LogP contribution in [0.1, 0.15) is 19.4 Å². The highest BCUT2D eigenvalue weighted by Gasteiger charge is 2.11. The van der Waals surface area contributed by atoms with E-state index in [0.717, 1.165) is 10.5 Å². The van der Waals surface area contributed by atoms with Gasteiger partial charge in [-0.25, -0.2) is 0 Å². The van der Waals surface area contributed by atoms with Crippen molar-refractivity contribution in [1.29, 1.82) is 0 Å². The molecule has 0 saturated heterocycles. The smallest absolute Gasteiger partial charge is 0.241 e. The lowest BCUT2D eigenvalue weighted by Crippen LogP contribution is -2.40.